The highest BCUT2D eigenvalue weighted by Crippen LogP contribution is 2.18. The molecular formula is C10H13N3O2. The van der Waals surface area contributed by atoms with Crippen molar-refractivity contribution in [3.05, 3.63) is 24.3 Å². The number of hydrogen-bond donors (Lipinski definition) is 1. The molecule has 0 radical (unpaired) electrons. The minimum Gasteiger partial charge on any atom is -0.480 e. The first-order valence-corrected chi connectivity index (χ1v) is 5.00. The van der Waals surface area contributed by atoms with E-state index in [4.69, 9.17) is 5.11 Å². The van der Waals surface area contributed by atoms with Crippen LogP contribution in [0.4, 0.5) is 0 Å². The molecule has 80 valence electrons. The number of aromatic nitrogens is 2. The smallest absolute Gasteiger partial charge is 0.320 e. The van der Waals surface area contributed by atoms with Crippen molar-refractivity contribution in [2.45, 2.75) is 25.4 Å². The van der Waals surface area contributed by atoms with Crippen molar-refractivity contribution in [3.8, 4) is 0 Å². The lowest BCUT2D eigenvalue weighted by Crippen LogP contribution is -2.35. The molecule has 2 rings (SSSR count). The van der Waals surface area contributed by atoms with E-state index in [-0.39, 0.29) is 6.04 Å². The maximum atomic E-state index is 10.9. The molecule has 0 aromatic carbocycles. The summed E-state index contributed by atoms with van der Waals surface area (Å²) < 4.78 is 0. The molecule has 0 aliphatic carbocycles. The Bertz CT molecular complexity index is 342. The van der Waals surface area contributed by atoms with Gasteiger partial charge in [-0.25, -0.2) is 9.97 Å². The molecule has 1 aliphatic heterocycles. The highest BCUT2D eigenvalue weighted by molar-refractivity contribution is 5.73. The van der Waals surface area contributed by atoms with Gasteiger partial charge in [-0.3, -0.25) is 9.69 Å². The topological polar surface area (TPSA) is 66.3 Å². The molecule has 2 heterocycles. The van der Waals surface area contributed by atoms with E-state index in [0.29, 0.717) is 12.4 Å². The van der Waals surface area contributed by atoms with Crippen LogP contribution in [-0.4, -0.2) is 38.5 Å². The van der Waals surface area contributed by atoms with Crippen LogP contribution in [-0.2, 0) is 11.3 Å². The summed E-state index contributed by atoms with van der Waals surface area (Å²) in [4.78, 5) is 21.0. The Kier molecular flexibility index (Phi) is 2.91. The van der Waals surface area contributed by atoms with E-state index in [2.05, 4.69) is 9.97 Å². The first kappa shape index (κ1) is 10.0. The van der Waals surface area contributed by atoms with Gasteiger partial charge in [-0.1, -0.05) is 0 Å². The van der Waals surface area contributed by atoms with Crippen molar-refractivity contribution in [1.82, 2.24) is 14.9 Å². The van der Waals surface area contributed by atoms with Crippen LogP contribution in [0, 0.1) is 0 Å². The average molecular weight is 207 g/mol. The molecule has 1 atom stereocenters. The predicted molar refractivity (Wildman–Crippen MR) is 53.1 cm³/mol. The second-order valence-corrected chi connectivity index (χ2v) is 3.63. The van der Waals surface area contributed by atoms with Crippen molar-refractivity contribution in [2.24, 2.45) is 0 Å². The number of hydrogen-bond acceptors (Lipinski definition) is 4. The molecule has 5 nitrogen and oxygen atoms in total. The molecule has 1 aromatic heterocycles. The minimum atomic E-state index is -0.747. The maximum Gasteiger partial charge on any atom is 0.320 e. The summed E-state index contributed by atoms with van der Waals surface area (Å²) in [5.41, 5.74) is 0. The number of carboxylic acids is 1. The van der Waals surface area contributed by atoms with E-state index in [1.807, 2.05) is 4.90 Å². The molecule has 1 aliphatic rings. The summed E-state index contributed by atoms with van der Waals surface area (Å²) in [5.74, 6) is -0.0610. The number of nitrogens with zero attached hydrogens (tertiary/aromatic N) is 3. The Morgan fingerprint density at radius 1 is 1.53 bits per heavy atom. The summed E-state index contributed by atoms with van der Waals surface area (Å²) in [6, 6.07) is 1.39. The van der Waals surface area contributed by atoms with Crippen LogP contribution in [0.15, 0.2) is 18.5 Å². The van der Waals surface area contributed by atoms with E-state index in [9.17, 15) is 4.79 Å². The van der Waals surface area contributed by atoms with Crippen LogP contribution in [0.3, 0.4) is 0 Å². The van der Waals surface area contributed by atoms with Gasteiger partial charge in [0.2, 0.25) is 0 Å². The van der Waals surface area contributed by atoms with Crippen LogP contribution < -0.4 is 0 Å². The van der Waals surface area contributed by atoms with Crippen molar-refractivity contribution < 1.29 is 9.90 Å². The van der Waals surface area contributed by atoms with Crippen LogP contribution in [0.25, 0.3) is 0 Å². The van der Waals surface area contributed by atoms with Crippen LogP contribution in [0.1, 0.15) is 18.7 Å². The molecular weight excluding hydrogens is 194 g/mol. The van der Waals surface area contributed by atoms with Gasteiger partial charge in [0.05, 0.1) is 6.54 Å². The van der Waals surface area contributed by atoms with Gasteiger partial charge >= 0.3 is 5.97 Å². The summed E-state index contributed by atoms with van der Waals surface area (Å²) in [6.07, 6.45) is 5.01. The second-order valence-electron chi connectivity index (χ2n) is 3.63. The minimum absolute atomic E-state index is 0.367. The summed E-state index contributed by atoms with van der Waals surface area (Å²) in [5, 5.41) is 8.98. The molecule has 0 saturated carbocycles. The standard InChI is InChI=1S/C10H13N3O2/c14-10(15)8-3-1-6-13(8)7-9-11-4-2-5-12-9/h2,4-5,8H,1,3,6-7H2,(H,14,15)/t8-/m0/s1. The van der Waals surface area contributed by atoms with E-state index in [1.165, 1.54) is 0 Å². The largest absolute Gasteiger partial charge is 0.480 e. The van der Waals surface area contributed by atoms with Crippen LogP contribution >= 0.6 is 0 Å². The molecule has 15 heavy (non-hydrogen) atoms. The molecule has 1 N–H and O–H groups in total. The SMILES string of the molecule is O=C(O)[C@@H]1CCCN1Cc1ncccn1. The zero-order valence-electron chi connectivity index (χ0n) is 8.33. The second kappa shape index (κ2) is 4.35. The van der Waals surface area contributed by atoms with Gasteiger partial charge in [-0.05, 0) is 25.5 Å². The molecule has 1 aromatic rings. The van der Waals surface area contributed by atoms with Gasteiger partial charge in [0.25, 0.3) is 0 Å². The number of likely N-dealkylation sites (tertiary alicyclic amines) is 1. The third-order valence-electron chi connectivity index (χ3n) is 2.61. The first-order valence-electron chi connectivity index (χ1n) is 5.00. The number of rotatable bonds is 3. The first-order chi connectivity index (χ1) is 7.27. The molecule has 0 spiro atoms. The third-order valence-corrected chi connectivity index (χ3v) is 2.61. The Labute approximate surface area is 87.8 Å². The molecule has 1 fully saturated rings. The van der Waals surface area contributed by atoms with Crippen molar-refractivity contribution in [3.63, 3.8) is 0 Å². The molecule has 5 heteroatoms. The van der Waals surface area contributed by atoms with Gasteiger partial charge in [0, 0.05) is 12.4 Å². The lowest BCUT2D eigenvalue weighted by molar-refractivity contribution is -0.142. The number of aliphatic carboxylic acids is 1. The summed E-state index contributed by atoms with van der Waals surface area (Å²) in [7, 11) is 0. The zero-order valence-corrected chi connectivity index (χ0v) is 8.33. The van der Waals surface area contributed by atoms with Gasteiger partial charge in [-0.15, -0.1) is 0 Å². The normalized spacial score (nSPS) is 21.7. The highest BCUT2D eigenvalue weighted by Gasteiger charge is 2.30. The Balaban J connectivity index is 2.03. The Morgan fingerprint density at radius 3 is 2.93 bits per heavy atom. The summed E-state index contributed by atoms with van der Waals surface area (Å²) >= 11 is 0. The van der Waals surface area contributed by atoms with Gasteiger partial charge in [-0.2, -0.15) is 0 Å². The number of carboxylic acid groups (broad SMARTS) is 1. The predicted octanol–water partition coefficient (Wildman–Crippen LogP) is 0.526. The molecule has 0 bridgehead atoms. The number of carbonyl (C=O) groups is 1. The Hall–Kier alpha value is -1.49. The zero-order chi connectivity index (χ0) is 10.7. The molecule has 1 saturated heterocycles. The van der Waals surface area contributed by atoms with Gasteiger partial charge < -0.3 is 5.11 Å². The fourth-order valence-electron chi connectivity index (χ4n) is 1.89. The maximum absolute atomic E-state index is 10.9. The monoisotopic (exact) mass is 207 g/mol. The van der Waals surface area contributed by atoms with E-state index < -0.39 is 5.97 Å². The van der Waals surface area contributed by atoms with Crippen LogP contribution in [0.5, 0.6) is 0 Å². The van der Waals surface area contributed by atoms with Crippen molar-refractivity contribution in [2.75, 3.05) is 6.54 Å². The quantitative estimate of drug-likeness (QED) is 0.783. The fraction of sp³-hybridized carbons (Fsp3) is 0.500. The van der Waals surface area contributed by atoms with Gasteiger partial charge in [0.15, 0.2) is 0 Å². The third kappa shape index (κ3) is 2.30. The fourth-order valence-corrected chi connectivity index (χ4v) is 1.89. The van der Waals surface area contributed by atoms with Crippen LogP contribution in [0.2, 0.25) is 0 Å². The highest BCUT2D eigenvalue weighted by atomic mass is 16.4. The van der Waals surface area contributed by atoms with E-state index in [1.54, 1.807) is 18.5 Å². The molecule has 0 unspecified atom stereocenters. The van der Waals surface area contributed by atoms with E-state index >= 15 is 0 Å². The lowest BCUT2D eigenvalue weighted by Gasteiger charge is -2.19. The Morgan fingerprint density at radius 2 is 2.27 bits per heavy atom. The summed E-state index contributed by atoms with van der Waals surface area (Å²) in [6.45, 7) is 1.34. The van der Waals surface area contributed by atoms with Gasteiger partial charge in [0.1, 0.15) is 11.9 Å². The van der Waals surface area contributed by atoms with Crippen molar-refractivity contribution in [1.29, 1.82) is 0 Å². The van der Waals surface area contributed by atoms with E-state index in [0.717, 1.165) is 19.4 Å². The molecule has 0 amide bonds. The average Bonchev–Trinajstić information content (AvgIpc) is 2.67. The van der Waals surface area contributed by atoms with Crippen molar-refractivity contribution >= 4 is 5.97 Å². The lowest BCUT2D eigenvalue weighted by atomic mass is 10.2.